The third-order valence-corrected chi connectivity index (χ3v) is 2.71. The van der Waals surface area contributed by atoms with Crippen molar-refractivity contribution in [1.29, 1.82) is 0 Å². The second kappa shape index (κ2) is 5.74. The Hall–Kier alpha value is -1.74. The minimum Gasteiger partial charge on any atom is -0.493 e. The fraction of sp³-hybridized carbons (Fsp3) is 0.214. The predicted molar refractivity (Wildman–Crippen MR) is 71.3 cm³/mol. The van der Waals surface area contributed by atoms with Gasteiger partial charge in [-0.2, -0.15) is 0 Å². The maximum Gasteiger partial charge on any atom is 0.161 e. The molecular formula is C14H14ClNO2. The normalized spacial score (nSPS) is 10.2. The molecule has 0 radical (unpaired) electrons. The summed E-state index contributed by atoms with van der Waals surface area (Å²) < 4.78 is 11.0. The molecule has 3 nitrogen and oxygen atoms in total. The van der Waals surface area contributed by atoms with Gasteiger partial charge in [0, 0.05) is 6.20 Å². The summed E-state index contributed by atoms with van der Waals surface area (Å²) in [6, 6.07) is 9.47. The quantitative estimate of drug-likeness (QED) is 0.790. The van der Waals surface area contributed by atoms with E-state index in [1.165, 1.54) is 0 Å². The van der Waals surface area contributed by atoms with Gasteiger partial charge in [0.15, 0.2) is 11.5 Å². The second-order valence-corrected chi connectivity index (χ2v) is 4.32. The molecule has 1 aromatic heterocycles. The molecule has 0 aliphatic heterocycles. The van der Waals surface area contributed by atoms with Gasteiger partial charge in [-0.25, -0.2) is 4.98 Å². The van der Waals surface area contributed by atoms with Crippen molar-refractivity contribution >= 4 is 11.6 Å². The third-order valence-electron chi connectivity index (χ3n) is 2.50. The van der Waals surface area contributed by atoms with Crippen molar-refractivity contribution in [3.05, 3.63) is 52.8 Å². The van der Waals surface area contributed by atoms with Gasteiger partial charge in [0.2, 0.25) is 0 Å². The zero-order valence-electron chi connectivity index (χ0n) is 10.3. The lowest BCUT2D eigenvalue weighted by atomic mass is 10.2. The van der Waals surface area contributed by atoms with Crippen molar-refractivity contribution in [2.24, 2.45) is 0 Å². The van der Waals surface area contributed by atoms with E-state index in [-0.39, 0.29) is 0 Å². The van der Waals surface area contributed by atoms with Crippen LogP contribution in [0, 0.1) is 6.92 Å². The standard InChI is InChI=1S/C14H14ClNO2/c1-10-3-4-12(13(7-10)17-2)18-9-11-5-6-16-14(15)8-11/h3-8H,9H2,1-2H3. The lowest BCUT2D eigenvalue weighted by Crippen LogP contribution is -1.98. The Labute approximate surface area is 111 Å². The first-order valence-corrected chi connectivity index (χ1v) is 5.94. The smallest absolute Gasteiger partial charge is 0.161 e. The van der Waals surface area contributed by atoms with Crippen LogP contribution >= 0.6 is 11.6 Å². The maximum absolute atomic E-state index is 5.81. The molecule has 94 valence electrons. The van der Waals surface area contributed by atoms with Crippen molar-refractivity contribution in [3.8, 4) is 11.5 Å². The van der Waals surface area contributed by atoms with Crippen LogP contribution < -0.4 is 9.47 Å². The van der Waals surface area contributed by atoms with E-state index in [4.69, 9.17) is 21.1 Å². The van der Waals surface area contributed by atoms with E-state index in [2.05, 4.69) is 4.98 Å². The topological polar surface area (TPSA) is 31.4 Å². The fourth-order valence-electron chi connectivity index (χ4n) is 1.59. The maximum atomic E-state index is 5.81. The highest BCUT2D eigenvalue weighted by atomic mass is 35.5. The van der Waals surface area contributed by atoms with Gasteiger partial charge >= 0.3 is 0 Å². The van der Waals surface area contributed by atoms with E-state index in [0.29, 0.717) is 11.8 Å². The second-order valence-electron chi connectivity index (χ2n) is 3.93. The molecule has 1 aromatic carbocycles. The molecule has 2 aromatic rings. The molecule has 2 rings (SSSR count). The molecule has 0 saturated heterocycles. The summed E-state index contributed by atoms with van der Waals surface area (Å²) >= 11 is 5.81. The van der Waals surface area contributed by atoms with Crippen molar-refractivity contribution in [1.82, 2.24) is 4.98 Å². The van der Waals surface area contributed by atoms with Crippen LogP contribution in [0.5, 0.6) is 11.5 Å². The van der Waals surface area contributed by atoms with E-state index < -0.39 is 0 Å². The lowest BCUT2D eigenvalue weighted by molar-refractivity contribution is 0.284. The number of methoxy groups -OCH3 is 1. The van der Waals surface area contributed by atoms with Crippen molar-refractivity contribution in [2.75, 3.05) is 7.11 Å². The highest BCUT2D eigenvalue weighted by Crippen LogP contribution is 2.28. The SMILES string of the molecule is COc1cc(C)ccc1OCc1ccnc(Cl)c1. The number of halogens is 1. The minimum absolute atomic E-state index is 0.432. The first kappa shape index (κ1) is 12.7. The Kier molecular flexibility index (Phi) is 4.05. The number of pyridine rings is 1. The molecule has 18 heavy (non-hydrogen) atoms. The summed E-state index contributed by atoms with van der Waals surface area (Å²) in [5.74, 6) is 1.45. The summed E-state index contributed by atoms with van der Waals surface area (Å²) in [5, 5.41) is 0.465. The number of ether oxygens (including phenoxy) is 2. The molecule has 4 heteroatoms. The summed E-state index contributed by atoms with van der Waals surface area (Å²) in [6.45, 7) is 2.44. The molecule has 1 heterocycles. The molecule has 0 fully saturated rings. The fourth-order valence-corrected chi connectivity index (χ4v) is 1.78. The molecule has 0 bridgehead atoms. The van der Waals surface area contributed by atoms with E-state index >= 15 is 0 Å². The van der Waals surface area contributed by atoms with Crippen molar-refractivity contribution in [3.63, 3.8) is 0 Å². The molecule has 0 aliphatic rings. The van der Waals surface area contributed by atoms with Gasteiger partial charge < -0.3 is 9.47 Å². The Balaban J connectivity index is 2.10. The number of rotatable bonds is 4. The zero-order chi connectivity index (χ0) is 13.0. The Bertz CT molecular complexity index is 543. The van der Waals surface area contributed by atoms with Crippen LogP contribution in [0.4, 0.5) is 0 Å². The third kappa shape index (κ3) is 3.14. The van der Waals surface area contributed by atoms with Gasteiger partial charge in [0.05, 0.1) is 7.11 Å². The first-order valence-electron chi connectivity index (χ1n) is 5.57. The summed E-state index contributed by atoms with van der Waals surface area (Å²) in [5.41, 5.74) is 2.10. The van der Waals surface area contributed by atoms with Gasteiger partial charge in [0.25, 0.3) is 0 Å². The van der Waals surface area contributed by atoms with E-state index in [9.17, 15) is 0 Å². The minimum atomic E-state index is 0.432. The van der Waals surface area contributed by atoms with Crippen LogP contribution in [0.25, 0.3) is 0 Å². The Morgan fingerprint density at radius 1 is 1.17 bits per heavy atom. The highest BCUT2D eigenvalue weighted by molar-refractivity contribution is 6.29. The first-order chi connectivity index (χ1) is 8.69. The molecule has 0 N–H and O–H groups in total. The van der Waals surface area contributed by atoms with E-state index in [1.807, 2.05) is 31.2 Å². The molecular weight excluding hydrogens is 250 g/mol. The van der Waals surface area contributed by atoms with Gasteiger partial charge in [-0.05, 0) is 42.3 Å². The average Bonchev–Trinajstić information content (AvgIpc) is 2.37. The highest BCUT2D eigenvalue weighted by Gasteiger charge is 2.05. The average molecular weight is 264 g/mol. The summed E-state index contributed by atoms with van der Waals surface area (Å²) in [6.07, 6.45) is 1.66. The molecule has 0 spiro atoms. The van der Waals surface area contributed by atoms with Crippen molar-refractivity contribution < 1.29 is 9.47 Å². The van der Waals surface area contributed by atoms with Crippen LogP contribution in [-0.4, -0.2) is 12.1 Å². The Morgan fingerprint density at radius 2 is 2.00 bits per heavy atom. The molecule has 0 unspecified atom stereocenters. The summed E-state index contributed by atoms with van der Waals surface area (Å²) in [7, 11) is 1.63. The summed E-state index contributed by atoms with van der Waals surface area (Å²) in [4.78, 5) is 3.93. The van der Waals surface area contributed by atoms with Crippen molar-refractivity contribution in [2.45, 2.75) is 13.5 Å². The van der Waals surface area contributed by atoms with Crippen LogP contribution in [-0.2, 0) is 6.61 Å². The number of aryl methyl sites for hydroxylation is 1. The number of aromatic nitrogens is 1. The predicted octanol–water partition coefficient (Wildman–Crippen LogP) is 3.63. The van der Waals surface area contributed by atoms with Crippen LogP contribution in [0.1, 0.15) is 11.1 Å². The number of hydrogen-bond acceptors (Lipinski definition) is 3. The largest absolute Gasteiger partial charge is 0.493 e. The Morgan fingerprint density at radius 3 is 2.72 bits per heavy atom. The molecule has 0 saturated carbocycles. The van der Waals surface area contributed by atoms with Crippen LogP contribution in [0.3, 0.4) is 0 Å². The number of hydrogen-bond donors (Lipinski definition) is 0. The molecule has 0 amide bonds. The lowest BCUT2D eigenvalue weighted by Gasteiger charge is -2.11. The zero-order valence-corrected chi connectivity index (χ0v) is 11.1. The molecule has 0 aliphatic carbocycles. The van der Waals surface area contributed by atoms with E-state index in [0.717, 1.165) is 22.6 Å². The number of nitrogens with zero attached hydrogens (tertiary/aromatic N) is 1. The molecule has 0 atom stereocenters. The van der Waals surface area contributed by atoms with Gasteiger partial charge in [-0.1, -0.05) is 17.7 Å². The van der Waals surface area contributed by atoms with Crippen LogP contribution in [0.2, 0.25) is 5.15 Å². The van der Waals surface area contributed by atoms with Crippen LogP contribution in [0.15, 0.2) is 36.5 Å². The van der Waals surface area contributed by atoms with E-state index in [1.54, 1.807) is 19.4 Å². The number of benzene rings is 1. The monoisotopic (exact) mass is 263 g/mol. The van der Waals surface area contributed by atoms with Gasteiger partial charge in [0.1, 0.15) is 11.8 Å². The van der Waals surface area contributed by atoms with Gasteiger partial charge in [-0.15, -0.1) is 0 Å². The van der Waals surface area contributed by atoms with Gasteiger partial charge in [-0.3, -0.25) is 0 Å².